The maximum absolute atomic E-state index is 5.63. The van der Waals surface area contributed by atoms with Crippen molar-refractivity contribution >= 4 is 17.8 Å². The molecule has 0 saturated heterocycles. The van der Waals surface area contributed by atoms with Gasteiger partial charge in [0.2, 0.25) is 17.8 Å². The van der Waals surface area contributed by atoms with E-state index in [1.807, 2.05) is 14.1 Å². The Hall–Kier alpha value is -1.67. The van der Waals surface area contributed by atoms with Crippen LogP contribution in [0.1, 0.15) is 12.8 Å². The fraction of sp³-hybridized carbons (Fsp3) is 0.750. The third kappa shape index (κ3) is 6.48. The van der Waals surface area contributed by atoms with Crippen LogP contribution in [0.4, 0.5) is 17.8 Å². The number of ether oxygens (including phenoxy) is 2. The van der Waals surface area contributed by atoms with Gasteiger partial charge < -0.3 is 25.4 Å². The van der Waals surface area contributed by atoms with Crippen LogP contribution in [-0.2, 0) is 9.47 Å². The molecule has 0 saturated carbocycles. The van der Waals surface area contributed by atoms with Crippen LogP contribution >= 0.6 is 0 Å². The average Bonchev–Trinajstić information content (AvgIpc) is 2.41. The smallest absolute Gasteiger partial charge is 0.231 e. The van der Waals surface area contributed by atoms with E-state index < -0.39 is 0 Å². The van der Waals surface area contributed by atoms with E-state index in [0.717, 1.165) is 26.0 Å². The maximum Gasteiger partial charge on any atom is 0.231 e. The molecule has 0 aliphatic heterocycles. The zero-order chi connectivity index (χ0) is 14.8. The lowest BCUT2D eigenvalue weighted by atomic mass is 10.3. The summed E-state index contributed by atoms with van der Waals surface area (Å²) in [5, 5.41) is 3.13. The van der Waals surface area contributed by atoms with Gasteiger partial charge >= 0.3 is 0 Å². The lowest BCUT2D eigenvalue weighted by Gasteiger charge is -2.12. The lowest BCUT2D eigenvalue weighted by Crippen LogP contribution is -2.17. The summed E-state index contributed by atoms with van der Waals surface area (Å²) in [7, 11) is 5.38. The summed E-state index contributed by atoms with van der Waals surface area (Å²) in [5.74, 6) is 1.26. The van der Waals surface area contributed by atoms with Crippen molar-refractivity contribution in [3.8, 4) is 0 Å². The first-order valence-corrected chi connectivity index (χ1v) is 6.63. The number of nitrogens with two attached hydrogens (primary N) is 1. The van der Waals surface area contributed by atoms with Crippen molar-refractivity contribution in [3.63, 3.8) is 0 Å². The number of hydrogen-bond donors (Lipinski definition) is 2. The molecule has 114 valence electrons. The summed E-state index contributed by atoms with van der Waals surface area (Å²) in [6, 6.07) is 0. The second-order valence-electron chi connectivity index (χ2n) is 4.45. The number of nitrogens with zero attached hydrogens (tertiary/aromatic N) is 4. The molecule has 3 N–H and O–H groups in total. The van der Waals surface area contributed by atoms with E-state index in [4.69, 9.17) is 15.2 Å². The fourth-order valence-corrected chi connectivity index (χ4v) is 1.43. The Morgan fingerprint density at radius 1 is 1.10 bits per heavy atom. The van der Waals surface area contributed by atoms with Crippen molar-refractivity contribution < 1.29 is 9.47 Å². The predicted octanol–water partition coefficient (Wildman–Crippen LogP) is 0.375. The van der Waals surface area contributed by atoms with Crippen molar-refractivity contribution in [1.82, 2.24) is 15.0 Å². The van der Waals surface area contributed by atoms with Gasteiger partial charge in [-0.2, -0.15) is 15.0 Å². The highest BCUT2D eigenvalue weighted by atomic mass is 16.5. The van der Waals surface area contributed by atoms with Crippen molar-refractivity contribution in [2.75, 3.05) is 63.5 Å². The van der Waals surface area contributed by atoms with Gasteiger partial charge in [0.15, 0.2) is 0 Å². The number of nitrogen functional groups attached to an aromatic ring is 1. The number of unbranched alkanes of at least 4 members (excludes halogenated alkanes) is 1. The molecule has 0 fully saturated rings. The zero-order valence-electron chi connectivity index (χ0n) is 12.4. The quantitative estimate of drug-likeness (QED) is 0.595. The van der Waals surface area contributed by atoms with E-state index in [-0.39, 0.29) is 5.95 Å². The number of methoxy groups -OCH3 is 1. The Morgan fingerprint density at radius 3 is 2.60 bits per heavy atom. The Kier molecular flexibility index (Phi) is 7.59. The SMILES string of the molecule is COCCOCCCCNc1nc(N)nc(N(C)C)n1. The molecule has 1 rings (SSSR count). The minimum atomic E-state index is 0.217. The topological polar surface area (TPSA) is 98.4 Å². The third-order valence-electron chi connectivity index (χ3n) is 2.47. The van der Waals surface area contributed by atoms with Crippen LogP contribution in [0.5, 0.6) is 0 Å². The molecule has 0 aromatic carbocycles. The molecule has 0 spiro atoms. The molecule has 20 heavy (non-hydrogen) atoms. The van der Waals surface area contributed by atoms with Crippen LogP contribution in [0, 0.1) is 0 Å². The van der Waals surface area contributed by atoms with Gasteiger partial charge in [-0.15, -0.1) is 0 Å². The van der Waals surface area contributed by atoms with E-state index >= 15 is 0 Å². The van der Waals surface area contributed by atoms with E-state index in [1.54, 1.807) is 12.0 Å². The van der Waals surface area contributed by atoms with E-state index in [1.165, 1.54) is 0 Å². The molecule has 0 bridgehead atoms. The summed E-state index contributed by atoms with van der Waals surface area (Å²) in [5.41, 5.74) is 5.63. The van der Waals surface area contributed by atoms with Crippen molar-refractivity contribution in [2.45, 2.75) is 12.8 Å². The summed E-state index contributed by atoms with van der Waals surface area (Å²) in [6.07, 6.45) is 1.94. The Bertz CT molecular complexity index is 388. The highest BCUT2D eigenvalue weighted by Gasteiger charge is 2.05. The molecule has 1 heterocycles. The highest BCUT2D eigenvalue weighted by Crippen LogP contribution is 2.08. The van der Waals surface area contributed by atoms with Gasteiger partial charge in [0.25, 0.3) is 0 Å². The van der Waals surface area contributed by atoms with Crippen molar-refractivity contribution in [3.05, 3.63) is 0 Å². The van der Waals surface area contributed by atoms with Gasteiger partial charge in [-0.05, 0) is 12.8 Å². The molecule has 8 nitrogen and oxygen atoms in total. The van der Waals surface area contributed by atoms with Gasteiger partial charge in [-0.25, -0.2) is 0 Å². The first-order valence-electron chi connectivity index (χ1n) is 6.63. The number of hydrogen-bond acceptors (Lipinski definition) is 8. The predicted molar refractivity (Wildman–Crippen MR) is 79.0 cm³/mol. The largest absolute Gasteiger partial charge is 0.382 e. The molecule has 0 aliphatic carbocycles. The molecule has 0 amide bonds. The molecular formula is C12H24N6O2. The number of rotatable bonds is 10. The van der Waals surface area contributed by atoms with Crippen LogP contribution in [0.3, 0.4) is 0 Å². The Morgan fingerprint density at radius 2 is 1.90 bits per heavy atom. The van der Waals surface area contributed by atoms with Crippen molar-refractivity contribution in [2.24, 2.45) is 0 Å². The normalized spacial score (nSPS) is 10.6. The minimum Gasteiger partial charge on any atom is -0.382 e. The van der Waals surface area contributed by atoms with E-state index in [0.29, 0.717) is 25.1 Å². The zero-order valence-corrected chi connectivity index (χ0v) is 12.4. The first-order chi connectivity index (χ1) is 9.63. The number of nitrogens with one attached hydrogen (secondary N) is 1. The van der Waals surface area contributed by atoms with Crippen LogP contribution in [0.2, 0.25) is 0 Å². The number of aromatic nitrogens is 3. The molecule has 0 aliphatic rings. The summed E-state index contributed by atoms with van der Waals surface area (Å²) in [6.45, 7) is 2.77. The third-order valence-corrected chi connectivity index (χ3v) is 2.47. The molecule has 1 aromatic rings. The average molecular weight is 284 g/mol. The van der Waals surface area contributed by atoms with Crippen LogP contribution in [-0.4, -0.2) is 62.5 Å². The summed E-state index contributed by atoms with van der Waals surface area (Å²) < 4.78 is 10.3. The van der Waals surface area contributed by atoms with Crippen LogP contribution < -0.4 is 16.0 Å². The standard InChI is InChI=1S/C12H24N6O2/c1-18(2)12-16-10(13)15-11(17-12)14-6-4-5-7-20-9-8-19-3/h4-9H2,1-3H3,(H3,13,14,15,16,17). The maximum atomic E-state index is 5.63. The minimum absolute atomic E-state index is 0.217. The highest BCUT2D eigenvalue weighted by molar-refractivity contribution is 5.40. The summed E-state index contributed by atoms with van der Waals surface area (Å²) >= 11 is 0. The van der Waals surface area contributed by atoms with Gasteiger partial charge in [0.05, 0.1) is 13.2 Å². The van der Waals surface area contributed by atoms with Gasteiger partial charge in [0.1, 0.15) is 0 Å². The van der Waals surface area contributed by atoms with Gasteiger partial charge in [0, 0.05) is 34.4 Å². The molecular weight excluding hydrogens is 260 g/mol. The molecule has 1 aromatic heterocycles. The second kappa shape index (κ2) is 9.27. The first kappa shape index (κ1) is 16.4. The fourth-order valence-electron chi connectivity index (χ4n) is 1.43. The van der Waals surface area contributed by atoms with Crippen LogP contribution in [0.25, 0.3) is 0 Å². The van der Waals surface area contributed by atoms with E-state index in [2.05, 4.69) is 20.3 Å². The second-order valence-corrected chi connectivity index (χ2v) is 4.45. The Balaban J connectivity index is 2.21. The van der Waals surface area contributed by atoms with E-state index in [9.17, 15) is 0 Å². The monoisotopic (exact) mass is 284 g/mol. The van der Waals surface area contributed by atoms with Crippen molar-refractivity contribution in [1.29, 1.82) is 0 Å². The summed E-state index contributed by atoms with van der Waals surface area (Å²) in [4.78, 5) is 14.1. The molecule has 0 atom stereocenters. The Labute approximate surface area is 119 Å². The molecule has 0 radical (unpaired) electrons. The molecule has 8 heteroatoms. The molecule has 0 unspecified atom stereocenters. The lowest BCUT2D eigenvalue weighted by molar-refractivity contribution is 0.0691. The van der Waals surface area contributed by atoms with Gasteiger partial charge in [-0.1, -0.05) is 0 Å². The van der Waals surface area contributed by atoms with Gasteiger partial charge in [-0.3, -0.25) is 0 Å². The number of anilines is 3. The van der Waals surface area contributed by atoms with Crippen LogP contribution in [0.15, 0.2) is 0 Å².